The first-order valence-corrected chi connectivity index (χ1v) is 13.1. The lowest BCUT2D eigenvalue weighted by molar-refractivity contribution is 0.0954. The number of halogens is 1. The summed E-state index contributed by atoms with van der Waals surface area (Å²) in [5, 5.41) is 3.60. The number of amides is 1. The Bertz CT molecular complexity index is 1190. The topological polar surface area (TPSA) is 66.5 Å². The summed E-state index contributed by atoms with van der Waals surface area (Å²) in [6, 6.07) is 22.1. The average molecular weight is 485 g/mol. The molecule has 5 nitrogen and oxygen atoms in total. The number of anilines is 1. The number of para-hydroxylation sites is 1. The molecule has 3 rings (SSSR count). The Kier molecular flexibility index (Phi) is 8.16. The third-order valence-electron chi connectivity index (χ3n) is 5.38. The van der Waals surface area contributed by atoms with Crippen molar-refractivity contribution in [2.24, 2.45) is 0 Å². The summed E-state index contributed by atoms with van der Waals surface area (Å²) in [6.45, 7) is 4.79. The Morgan fingerprint density at radius 1 is 0.939 bits per heavy atom. The molecular formula is C26H29ClN2O3S. The van der Waals surface area contributed by atoms with Crippen molar-refractivity contribution in [1.29, 1.82) is 0 Å². The monoisotopic (exact) mass is 484 g/mol. The SMILES string of the molecule is CC(C)c1ccccc1N(Cc1ccc(C(=O)NCCc2ccc(Cl)cc2)cc1)S(C)(=O)=O. The molecule has 174 valence electrons. The third-order valence-corrected chi connectivity index (χ3v) is 6.76. The van der Waals surface area contributed by atoms with E-state index in [1.165, 1.54) is 10.6 Å². The fraction of sp³-hybridized carbons (Fsp3) is 0.269. The lowest BCUT2D eigenvalue weighted by atomic mass is 10.0. The summed E-state index contributed by atoms with van der Waals surface area (Å²) in [7, 11) is -3.49. The minimum atomic E-state index is -3.49. The van der Waals surface area contributed by atoms with E-state index in [4.69, 9.17) is 11.6 Å². The van der Waals surface area contributed by atoms with Crippen molar-refractivity contribution in [3.05, 3.63) is 100 Å². The van der Waals surface area contributed by atoms with Gasteiger partial charge in [0.15, 0.2) is 0 Å². The number of nitrogens with zero attached hydrogens (tertiary/aromatic N) is 1. The Hall–Kier alpha value is -2.83. The Morgan fingerprint density at radius 3 is 2.15 bits per heavy atom. The van der Waals surface area contributed by atoms with Crippen LogP contribution in [0.1, 0.15) is 46.8 Å². The first kappa shape index (κ1) is 24.8. The zero-order valence-electron chi connectivity index (χ0n) is 19.1. The molecule has 0 atom stereocenters. The van der Waals surface area contributed by atoms with Crippen LogP contribution in [-0.2, 0) is 23.0 Å². The first-order valence-electron chi connectivity index (χ1n) is 10.8. The summed E-state index contributed by atoms with van der Waals surface area (Å²) >= 11 is 5.90. The number of sulfonamides is 1. The molecule has 7 heteroatoms. The summed E-state index contributed by atoms with van der Waals surface area (Å²) in [5.41, 5.74) is 4.08. The van der Waals surface area contributed by atoms with Crippen LogP contribution in [-0.4, -0.2) is 27.1 Å². The van der Waals surface area contributed by atoms with E-state index in [2.05, 4.69) is 5.32 Å². The van der Waals surface area contributed by atoms with Gasteiger partial charge in [0.25, 0.3) is 5.91 Å². The predicted octanol–water partition coefficient (Wildman–Crippen LogP) is 5.40. The van der Waals surface area contributed by atoms with E-state index >= 15 is 0 Å². The smallest absolute Gasteiger partial charge is 0.251 e. The molecule has 0 aliphatic heterocycles. The third kappa shape index (κ3) is 6.83. The molecule has 0 fully saturated rings. The maximum atomic E-state index is 12.6. The van der Waals surface area contributed by atoms with E-state index in [-0.39, 0.29) is 18.4 Å². The minimum absolute atomic E-state index is 0.166. The van der Waals surface area contributed by atoms with Gasteiger partial charge in [-0.1, -0.05) is 67.9 Å². The van der Waals surface area contributed by atoms with Gasteiger partial charge in [-0.2, -0.15) is 0 Å². The van der Waals surface area contributed by atoms with Crippen molar-refractivity contribution >= 4 is 33.2 Å². The van der Waals surface area contributed by atoms with E-state index in [9.17, 15) is 13.2 Å². The highest BCUT2D eigenvalue weighted by atomic mass is 35.5. The molecule has 0 unspecified atom stereocenters. The Balaban J connectivity index is 1.68. The predicted molar refractivity (Wildman–Crippen MR) is 135 cm³/mol. The van der Waals surface area contributed by atoms with E-state index < -0.39 is 10.0 Å². The second kappa shape index (κ2) is 10.9. The molecule has 0 bridgehead atoms. The molecule has 0 aromatic heterocycles. The van der Waals surface area contributed by atoms with Crippen molar-refractivity contribution in [2.75, 3.05) is 17.1 Å². The van der Waals surface area contributed by atoms with Gasteiger partial charge in [-0.3, -0.25) is 9.10 Å². The molecule has 0 radical (unpaired) electrons. The molecular weight excluding hydrogens is 456 g/mol. The van der Waals surface area contributed by atoms with Gasteiger partial charge in [-0.05, 0) is 59.4 Å². The van der Waals surface area contributed by atoms with Crippen molar-refractivity contribution in [2.45, 2.75) is 32.7 Å². The highest BCUT2D eigenvalue weighted by Crippen LogP contribution is 2.30. The number of carbonyl (C=O) groups excluding carboxylic acids is 1. The van der Waals surface area contributed by atoms with Gasteiger partial charge in [-0.15, -0.1) is 0 Å². The van der Waals surface area contributed by atoms with Gasteiger partial charge in [0.05, 0.1) is 18.5 Å². The van der Waals surface area contributed by atoms with Crippen LogP contribution in [0.4, 0.5) is 5.69 Å². The number of hydrogen-bond acceptors (Lipinski definition) is 3. The Labute approximate surface area is 201 Å². The van der Waals surface area contributed by atoms with E-state index in [0.717, 1.165) is 16.7 Å². The maximum absolute atomic E-state index is 12.6. The van der Waals surface area contributed by atoms with Crippen LogP contribution in [0.5, 0.6) is 0 Å². The first-order chi connectivity index (χ1) is 15.6. The molecule has 1 amide bonds. The van der Waals surface area contributed by atoms with Gasteiger partial charge in [0, 0.05) is 17.1 Å². The fourth-order valence-electron chi connectivity index (χ4n) is 3.58. The summed E-state index contributed by atoms with van der Waals surface area (Å²) in [5.74, 6) is 0.0185. The zero-order valence-corrected chi connectivity index (χ0v) is 20.7. The molecule has 0 saturated carbocycles. The molecule has 33 heavy (non-hydrogen) atoms. The van der Waals surface area contributed by atoms with Crippen LogP contribution >= 0.6 is 11.6 Å². The average Bonchev–Trinajstić information content (AvgIpc) is 2.78. The summed E-state index contributed by atoms with van der Waals surface area (Å²) in [4.78, 5) is 12.5. The lowest BCUT2D eigenvalue weighted by Crippen LogP contribution is -2.30. The number of benzene rings is 3. The van der Waals surface area contributed by atoms with Gasteiger partial charge in [-0.25, -0.2) is 8.42 Å². The number of nitrogens with one attached hydrogen (secondary N) is 1. The number of hydrogen-bond donors (Lipinski definition) is 1. The summed E-state index contributed by atoms with van der Waals surface area (Å²) < 4.78 is 26.6. The second-order valence-electron chi connectivity index (χ2n) is 8.31. The van der Waals surface area contributed by atoms with Crippen LogP contribution in [0.15, 0.2) is 72.8 Å². The van der Waals surface area contributed by atoms with Crippen molar-refractivity contribution in [1.82, 2.24) is 5.32 Å². The highest BCUT2D eigenvalue weighted by Gasteiger charge is 2.21. The second-order valence-corrected chi connectivity index (χ2v) is 10.7. The molecule has 1 N–H and O–H groups in total. The fourth-order valence-corrected chi connectivity index (χ4v) is 4.62. The minimum Gasteiger partial charge on any atom is -0.352 e. The molecule has 0 saturated heterocycles. The molecule has 0 aliphatic carbocycles. The zero-order chi connectivity index (χ0) is 24.0. The number of carbonyl (C=O) groups is 1. The standard InChI is InChI=1S/C26H29ClN2O3S/c1-19(2)24-6-4-5-7-25(24)29(33(3,31)32)18-21-8-12-22(13-9-21)26(30)28-17-16-20-10-14-23(27)15-11-20/h4-15,19H,16-18H2,1-3H3,(H,28,30). The lowest BCUT2D eigenvalue weighted by Gasteiger charge is -2.26. The maximum Gasteiger partial charge on any atom is 0.251 e. The van der Waals surface area contributed by atoms with Gasteiger partial charge in [0.1, 0.15) is 0 Å². The van der Waals surface area contributed by atoms with Gasteiger partial charge in [0.2, 0.25) is 10.0 Å². The van der Waals surface area contributed by atoms with Crippen LogP contribution in [0.25, 0.3) is 0 Å². The van der Waals surface area contributed by atoms with Crippen molar-refractivity contribution in [3.8, 4) is 0 Å². The van der Waals surface area contributed by atoms with Crippen LogP contribution in [0, 0.1) is 0 Å². The molecule has 0 aliphatic rings. The van der Waals surface area contributed by atoms with Crippen molar-refractivity contribution in [3.63, 3.8) is 0 Å². The Morgan fingerprint density at radius 2 is 1.55 bits per heavy atom. The van der Waals surface area contributed by atoms with Gasteiger partial charge >= 0.3 is 0 Å². The largest absolute Gasteiger partial charge is 0.352 e. The highest BCUT2D eigenvalue weighted by molar-refractivity contribution is 7.92. The van der Waals surface area contributed by atoms with E-state index in [0.29, 0.717) is 29.2 Å². The van der Waals surface area contributed by atoms with Crippen LogP contribution < -0.4 is 9.62 Å². The molecule has 0 spiro atoms. The van der Waals surface area contributed by atoms with Gasteiger partial charge < -0.3 is 5.32 Å². The van der Waals surface area contributed by atoms with Crippen molar-refractivity contribution < 1.29 is 13.2 Å². The molecule has 3 aromatic carbocycles. The van der Waals surface area contributed by atoms with Crippen LogP contribution in [0.3, 0.4) is 0 Å². The molecule has 3 aromatic rings. The quantitative estimate of drug-likeness (QED) is 0.442. The summed E-state index contributed by atoms with van der Waals surface area (Å²) in [6.07, 6.45) is 1.92. The van der Waals surface area contributed by atoms with E-state index in [1.54, 1.807) is 24.3 Å². The van der Waals surface area contributed by atoms with E-state index in [1.807, 2.05) is 62.4 Å². The number of rotatable bonds is 9. The molecule has 0 heterocycles. The van der Waals surface area contributed by atoms with Crippen LogP contribution in [0.2, 0.25) is 5.02 Å². The normalized spacial score (nSPS) is 11.4.